The van der Waals surface area contributed by atoms with Gasteiger partial charge in [0.05, 0.1) is 0 Å². The number of rotatable bonds is 4. The monoisotopic (exact) mass is 540 g/mol. The van der Waals surface area contributed by atoms with Crippen molar-refractivity contribution < 1.29 is 8.83 Å². The second kappa shape index (κ2) is 11.5. The molecule has 2 nitrogen and oxygen atoms in total. The summed E-state index contributed by atoms with van der Waals surface area (Å²) >= 11 is 0. The quantitative estimate of drug-likeness (QED) is 0.222. The average Bonchev–Trinajstić information content (AvgIpc) is 3.67. The van der Waals surface area contributed by atoms with Gasteiger partial charge in [0.2, 0.25) is 0 Å². The van der Waals surface area contributed by atoms with Crippen molar-refractivity contribution in [3.8, 4) is 45.3 Å². The van der Waals surface area contributed by atoms with E-state index in [1.807, 2.05) is 72.8 Å². The molecule has 0 fully saturated rings. The summed E-state index contributed by atoms with van der Waals surface area (Å²) in [5.74, 6) is 3.74. The lowest BCUT2D eigenvalue weighted by Gasteiger charge is -1.98. The van der Waals surface area contributed by atoms with Crippen molar-refractivity contribution in [2.45, 2.75) is 0 Å². The van der Waals surface area contributed by atoms with Gasteiger partial charge in [0, 0.05) is 43.8 Å². The summed E-state index contributed by atoms with van der Waals surface area (Å²) in [5.41, 5.74) is 4.43. The summed E-state index contributed by atoms with van der Waals surface area (Å²) in [6, 6.07) is 57.7. The normalized spacial score (nSPS) is 10.9. The Kier molecular flexibility index (Phi) is 6.94. The van der Waals surface area contributed by atoms with Gasteiger partial charge in [0.15, 0.2) is 0 Å². The van der Waals surface area contributed by atoms with Crippen LogP contribution in [0.15, 0.2) is 179 Å². The van der Waals surface area contributed by atoms with Crippen molar-refractivity contribution >= 4 is 21.5 Å². The van der Waals surface area contributed by atoms with Gasteiger partial charge in [-0.3, -0.25) is 0 Å². The van der Waals surface area contributed by atoms with Gasteiger partial charge in [0.1, 0.15) is 23.0 Å². The third-order valence-corrected chi connectivity index (χ3v) is 7.38. The highest BCUT2D eigenvalue weighted by Gasteiger charge is 2.16. The zero-order valence-electron chi connectivity index (χ0n) is 23.0. The Labute approximate surface area is 245 Å². The van der Waals surface area contributed by atoms with Crippen LogP contribution in [0.1, 0.15) is 0 Å². The number of hydrogen-bond donors (Lipinski definition) is 0. The molecular formula is C40H28O2. The van der Waals surface area contributed by atoms with Crippen LogP contribution in [0.4, 0.5) is 0 Å². The van der Waals surface area contributed by atoms with E-state index in [0.29, 0.717) is 0 Å². The van der Waals surface area contributed by atoms with Gasteiger partial charge < -0.3 is 8.83 Å². The fraction of sp³-hybridized carbons (Fsp3) is 0. The van der Waals surface area contributed by atoms with Crippen LogP contribution >= 0.6 is 0 Å². The molecule has 0 saturated heterocycles. The van der Waals surface area contributed by atoms with E-state index in [-0.39, 0.29) is 0 Å². The Hall–Kier alpha value is -5.60. The maximum Gasteiger partial charge on any atom is 0.142 e. The van der Waals surface area contributed by atoms with Crippen molar-refractivity contribution in [2.24, 2.45) is 0 Å². The first-order valence-corrected chi connectivity index (χ1v) is 14.1. The molecule has 0 aliphatic heterocycles. The summed E-state index contributed by atoms with van der Waals surface area (Å²) in [6.07, 6.45) is 0. The molecule has 42 heavy (non-hydrogen) atoms. The molecule has 2 heteroatoms. The Balaban J connectivity index is 0.000000137. The lowest BCUT2D eigenvalue weighted by molar-refractivity contribution is 0.601. The third-order valence-electron chi connectivity index (χ3n) is 7.38. The Morgan fingerprint density at radius 2 is 0.405 bits per heavy atom. The summed E-state index contributed by atoms with van der Waals surface area (Å²) in [4.78, 5) is 0. The van der Waals surface area contributed by atoms with E-state index in [1.54, 1.807) is 0 Å². The minimum Gasteiger partial charge on any atom is -0.455 e. The van der Waals surface area contributed by atoms with Crippen LogP contribution in [0.5, 0.6) is 0 Å². The number of benzene rings is 6. The molecule has 8 rings (SSSR count). The lowest BCUT2D eigenvalue weighted by Crippen LogP contribution is -1.73. The van der Waals surface area contributed by atoms with Gasteiger partial charge in [-0.15, -0.1) is 0 Å². The Morgan fingerprint density at radius 1 is 0.214 bits per heavy atom. The van der Waals surface area contributed by atoms with E-state index >= 15 is 0 Å². The topological polar surface area (TPSA) is 26.3 Å². The molecule has 0 unspecified atom stereocenters. The van der Waals surface area contributed by atoms with Gasteiger partial charge in [-0.2, -0.15) is 0 Å². The molecule has 200 valence electrons. The molecule has 2 heterocycles. The van der Waals surface area contributed by atoms with Crippen molar-refractivity contribution in [3.05, 3.63) is 170 Å². The average molecular weight is 541 g/mol. The molecule has 0 saturated carbocycles. The Bertz CT molecular complexity index is 1750. The molecule has 0 spiro atoms. The van der Waals surface area contributed by atoms with Crippen LogP contribution in [-0.2, 0) is 0 Å². The molecule has 0 aliphatic rings. The molecule has 0 atom stereocenters. The van der Waals surface area contributed by atoms with E-state index in [0.717, 1.165) is 66.8 Å². The molecule has 0 bridgehead atoms. The molecule has 8 aromatic rings. The zero-order valence-corrected chi connectivity index (χ0v) is 23.0. The second-order valence-corrected chi connectivity index (χ2v) is 10.1. The second-order valence-electron chi connectivity index (χ2n) is 10.1. The molecule has 0 amide bonds. The van der Waals surface area contributed by atoms with Gasteiger partial charge in [-0.1, -0.05) is 170 Å². The predicted molar refractivity (Wildman–Crippen MR) is 174 cm³/mol. The summed E-state index contributed by atoms with van der Waals surface area (Å²) in [7, 11) is 0. The van der Waals surface area contributed by atoms with E-state index in [2.05, 4.69) is 97.1 Å². The standard InChI is InChI=1S/2C20H14O/c2*1-3-9-15(10-4-1)19-17-13-7-8-14-18(17)20(21-19)16-11-5-2-6-12-16/h2*1-14H. The first kappa shape index (κ1) is 25.4. The molecule has 0 aliphatic carbocycles. The van der Waals surface area contributed by atoms with Crippen LogP contribution < -0.4 is 0 Å². The predicted octanol–water partition coefficient (Wildman–Crippen LogP) is 11.5. The highest BCUT2D eigenvalue weighted by Crippen LogP contribution is 2.40. The maximum atomic E-state index is 6.24. The van der Waals surface area contributed by atoms with Crippen LogP contribution in [-0.4, -0.2) is 0 Å². The zero-order chi connectivity index (χ0) is 28.1. The first-order chi connectivity index (χ1) is 20.9. The fourth-order valence-electron chi connectivity index (χ4n) is 5.40. The summed E-state index contributed by atoms with van der Waals surface area (Å²) in [5, 5.41) is 4.62. The minimum absolute atomic E-state index is 0.935. The molecule has 0 radical (unpaired) electrons. The van der Waals surface area contributed by atoms with Gasteiger partial charge in [-0.25, -0.2) is 0 Å². The highest BCUT2D eigenvalue weighted by atomic mass is 16.3. The molecular weight excluding hydrogens is 512 g/mol. The van der Waals surface area contributed by atoms with Crippen LogP contribution in [0, 0.1) is 0 Å². The van der Waals surface area contributed by atoms with Gasteiger partial charge in [-0.05, 0) is 0 Å². The number of furan rings is 2. The van der Waals surface area contributed by atoms with Gasteiger partial charge in [0.25, 0.3) is 0 Å². The fourth-order valence-corrected chi connectivity index (χ4v) is 5.40. The summed E-state index contributed by atoms with van der Waals surface area (Å²) in [6.45, 7) is 0. The van der Waals surface area contributed by atoms with E-state index in [9.17, 15) is 0 Å². The third kappa shape index (κ3) is 4.91. The number of fused-ring (bicyclic) bond motifs is 2. The smallest absolute Gasteiger partial charge is 0.142 e. The van der Waals surface area contributed by atoms with Crippen molar-refractivity contribution in [1.82, 2.24) is 0 Å². The SMILES string of the molecule is c1ccc(-c2oc(-c3ccccc3)c3ccccc23)cc1.c1ccc(-c2oc(-c3ccccc3)c3ccccc23)cc1. The first-order valence-electron chi connectivity index (χ1n) is 14.1. The molecule has 0 N–H and O–H groups in total. The lowest BCUT2D eigenvalue weighted by atomic mass is 10.0. The highest BCUT2D eigenvalue weighted by molar-refractivity contribution is 6.03. The Morgan fingerprint density at radius 3 is 0.619 bits per heavy atom. The summed E-state index contributed by atoms with van der Waals surface area (Å²) < 4.78 is 12.5. The van der Waals surface area contributed by atoms with Crippen molar-refractivity contribution in [2.75, 3.05) is 0 Å². The van der Waals surface area contributed by atoms with Crippen LogP contribution in [0.25, 0.3) is 66.8 Å². The van der Waals surface area contributed by atoms with Crippen LogP contribution in [0.2, 0.25) is 0 Å². The maximum absolute atomic E-state index is 6.24. The molecule has 2 aromatic heterocycles. The number of hydrogen-bond acceptors (Lipinski definition) is 2. The van der Waals surface area contributed by atoms with Crippen molar-refractivity contribution in [3.63, 3.8) is 0 Å². The largest absolute Gasteiger partial charge is 0.455 e. The van der Waals surface area contributed by atoms with E-state index in [1.165, 1.54) is 0 Å². The van der Waals surface area contributed by atoms with Crippen LogP contribution in [0.3, 0.4) is 0 Å². The van der Waals surface area contributed by atoms with E-state index < -0.39 is 0 Å². The molecule has 6 aromatic carbocycles. The van der Waals surface area contributed by atoms with Crippen molar-refractivity contribution in [1.29, 1.82) is 0 Å². The van der Waals surface area contributed by atoms with Gasteiger partial charge >= 0.3 is 0 Å². The minimum atomic E-state index is 0.935. The van der Waals surface area contributed by atoms with E-state index in [4.69, 9.17) is 8.83 Å².